The van der Waals surface area contributed by atoms with Gasteiger partial charge in [-0.3, -0.25) is 4.79 Å². The van der Waals surface area contributed by atoms with Crippen molar-refractivity contribution in [2.45, 2.75) is 24.8 Å². The third kappa shape index (κ3) is 2.11. The van der Waals surface area contributed by atoms with E-state index >= 15 is 0 Å². The monoisotopic (exact) mass is 315 g/mol. The molecule has 2 aliphatic heterocycles. The maximum Gasteiger partial charge on any atom is 0.246 e. The highest BCUT2D eigenvalue weighted by Gasteiger charge is 2.39. The van der Waals surface area contributed by atoms with Crippen LogP contribution in [0.3, 0.4) is 0 Å². The molecule has 112 valence electrons. The average molecular weight is 316 g/mol. The van der Waals surface area contributed by atoms with Crippen molar-refractivity contribution in [2.75, 3.05) is 6.54 Å². The molecule has 6 nitrogen and oxygen atoms in total. The second-order valence-electron chi connectivity index (χ2n) is 5.59. The number of halogens is 1. The lowest BCUT2D eigenvalue weighted by molar-refractivity contribution is -0.127. The summed E-state index contributed by atoms with van der Waals surface area (Å²) in [5, 5.41) is 12.1. The molecule has 3 heterocycles. The standard InChI is InChI=1S/C15H14ClN5O/c16-10-4-5-14(21-9-17-18-19-21)12(8-10)11-6-7-20-13(11)2-1-3-15(20)22/h1,3-5,8-9,11,13H,2,6-7H2. The summed E-state index contributed by atoms with van der Waals surface area (Å²) in [6.45, 7) is 0.778. The Morgan fingerprint density at radius 3 is 3.05 bits per heavy atom. The first-order chi connectivity index (χ1) is 10.7. The number of amides is 1. The zero-order valence-electron chi connectivity index (χ0n) is 11.8. The number of hydrogen-bond donors (Lipinski definition) is 0. The minimum absolute atomic E-state index is 0.102. The summed E-state index contributed by atoms with van der Waals surface area (Å²) in [6.07, 6.45) is 7.00. The zero-order valence-corrected chi connectivity index (χ0v) is 12.5. The Labute approximate surface area is 132 Å². The number of fused-ring (bicyclic) bond motifs is 1. The highest BCUT2D eigenvalue weighted by atomic mass is 35.5. The zero-order chi connectivity index (χ0) is 15.1. The van der Waals surface area contributed by atoms with Crippen molar-refractivity contribution >= 4 is 17.5 Å². The molecule has 0 N–H and O–H groups in total. The van der Waals surface area contributed by atoms with Crippen LogP contribution < -0.4 is 0 Å². The van der Waals surface area contributed by atoms with Crippen LogP contribution in [0.25, 0.3) is 5.69 Å². The van der Waals surface area contributed by atoms with E-state index in [2.05, 4.69) is 15.5 Å². The Balaban J connectivity index is 1.78. The van der Waals surface area contributed by atoms with Gasteiger partial charge in [-0.1, -0.05) is 17.7 Å². The van der Waals surface area contributed by atoms with Crippen LogP contribution in [0, 0.1) is 0 Å². The molecule has 2 unspecified atom stereocenters. The molecule has 0 spiro atoms. The van der Waals surface area contributed by atoms with Crippen molar-refractivity contribution in [1.82, 2.24) is 25.1 Å². The predicted molar refractivity (Wildman–Crippen MR) is 80.8 cm³/mol. The summed E-state index contributed by atoms with van der Waals surface area (Å²) in [6, 6.07) is 5.92. The van der Waals surface area contributed by atoms with Gasteiger partial charge >= 0.3 is 0 Å². The van der Waals surface area contributed by atoms with Crippen LogP contribution in [-0.4, -0.2) is 43.6 Å². The van der Waals surface area contributed by atoms with Gasteiger partial charge in [0.1, 0.15) is 6.33 Å². The number of tetrazole rings is 1. The second kappa shape index (κ2) is 5.21. The minimum Gasteiger partial charge on any atom is -0.335 e. The van der Waals surface area contributed by atoms with Gasteiger partial charge in [-0.15, -0.1) is 5.10 Å². The van der Waals surface area contributed by atoms with Gasteiger partial charge in [-0.2, -0.15) is 0 Å². The van der Waals surface area contributed by atoms with Gasteiger partial charge < -0.3 is 4.90 Å². The van der Waals surface area contributed by atoms with Crippen molar-refractivity contribution in [1.29, 1.82) is 0 Å². The molecule has 0 radical (unpaired) electrons. The quantitative estimate of drug-likeness (QED) is 0.850. The molecule has 0 saturated carbocycles. The lowest BCUT2D eigenvalue weighted by Gasteiger charge is -2.30. The molecule has 0 aliphatic carbocycles. The van der Waals surface area contributed by atoms with E-state index in [1.165, 1.54) is 0 Å². The van der Waals surface area contributed by atoms with Crippen LogP contribution in [0.5, 0.6) is 0 Å². The smallest absolute Gasteiger partial charge is 0.246 e. The number of carbonyl (C=O) groups excluding carboxylic acids is 1. The van der Waals surface area contributed by atoms with E-state index in [-0.39, 0.29) is 17.9 Å². The first-order valence-electron chi connectivity index (χ1n) is 7.24. The number of benzene rings is 1. The third-order valence-corrected chi connectivity index (χ3v) is 4.69. The van der Waals surface area contributed by atoms with Gasteiger partial charge in [-0.05, 0) is 53.1 Å². The lowest BCUT2D eigenvalue weighted by Crippen LogP contribution is -2.38. The van der Waals surface area contributed by atoms with Crippen LogP contribution in [-0.2, 0) is 4.79 Å². The summed E-state index contributed by atoms with van der Waals surface area (Å²) in [7, 11) is 0. The lowest BCUT2D eigenvalue weighted by atomic mass is 9.88. The topological polar surface area (TPSA) is 63.9 Å². The molecule has 1 aromatic carbocycles. The molecular weight excluding hydrogens is 302 g/mol. The van der Waals surface area contributed by atoms with Gasteiger partial charge in [0, 0.05) is 23.5 Å². The fourth-order valence-corrected chi connectivity index (χ4v) is 3.67. The van der Waals surface area contributed by atoms with Crippen LogP contribution >= 0.6 is 11.6 Å². The van der Waals surface area contributed by atoms with E-state index in [1.807, 2.05) is 29.2 Å². The number of rotatable bonds is 2. The summed E-state index contributed by atoms with van der Waals surface area (Å²) in [5.74, 6) is 0.344. The molecule has 1 saturated heterocycles. The average Bonchev–Trinajstić information content (AvgIpc) is 3.17. The van der Waals surface area contributed by atoms with Crippen LogP contribution in [0.1, 0.15) is 24.3 Å². The van der Waals surface area contributed by atoms with Crippen molar-refractivity contribution in [2.24, 2.45) is 0 Å². The molecular formula is C15H14ClN5O. The fraction of sp³-hybridized carbons (Fsp3) is 0.333. The highest BCUT2D eigenvalue weighted by Crippen LogP contribution is 2.40. The molecule has 2 atom stereocenters. The van der Waals surface area contributed by atoms with Gasteiger partial charge in [0.25, 0.3) is 0 Å². The number of carbonyl (C=O) groups is 1. The Hall–Kier alpha value is -2.21. The summed E-state index contributed by atoms with van der Waals surface area (Å²) in [5.41, 5.74) is 2.01. The second-order valence-corrected chi connectivity index (χ2v) is 6.03. The molecule has 1 amide bonds. The van der Waals surface area contributed by atoms with E-state index in [9.17, 15) is 4.79 Å². The van der Waals surface area contributed by atoms with Gasteiger partial charge in [0.05, 0.1) is 5.69 Å². The van der Waals surface area contributed by atoms with Crippen LogP contribution in [0.15, 0.2) is 36.7 Å². The Bertz CT molecular complexity index is 742. The van der Waals surface area contributed by atoms with E-state index in [4.69, 9.17) is 11.6 Å². The SMILES string of the molecule is O=C1C=CCC2C(c3cc(Cl)ccc3-n3cnnn3)CCN12. The normalized spacial score (nSPS) is 23.9. The molecule has 4 rings (SSSR count). The van der Waals surface area contributed by atoms with Gasteiger partial charge in [0.2, 0.25) is 5.91 Å². The van der Waals surface area contributed by atoms with Crippen molar-refractivity contribution in [3.8, 4) is 5.69 Å². The van der Waals surface area contributed by atoms with Crippen molar-refractivity contribution in [3.05, 3.63) is 47.3 Å². The Kier molecular flexibility index (Phi) is 3.18. The summed E-state index contributed by atoms with van der Waals surface area (Å²) < 4.78 is 1.65. The Morgan fingerprint density at radius 1 is 1.32 bits per heavy atom. The minimum atomic E-state index is 0.102. The molecule has 7 heteroatoms. The maximum atomic E-state index is 12.0. The highest BCUT2D eigenvalue weighted by molar-refractivity contribution is 6.30. The Morgan fingerprint density at radius 2 is 2.23 bits per heavy atom. The number of hydrogen-bond acceptors (Lipinski definition) is 4. The number of aromatic nitrogens is 4. The van der Waals surface area contributed by atoms with E-state index in [0.717, 1.165) is 30.6 Å². The summed E-state index contributed by atoms with van der Waals surface area (Å²) in [4.78, 5) is 14.0. The van der Waals surface area contributed by atoms with Crippen molar-refractivity contribution < 1.29 is 4.79 Å². The first kappa shape index (κ1) is 13.5. The molecule has 22 heavy (non-hydrogen) atoms. The van der Waals surface area contributed by atoms with Gasteiger partial charge in [0.15, 0.2) is 0 Å². The van der Waals surface area contributed by atoms with Crippen LogP contribution in [0.2, 0.25) is 5.02 Å². The summed E-state index contributed by atoms with van der Waals surface area (Å²) >= 11 is 6.21. The molecule has 1 fully saturated rings. The van der Waals surface area contributed by atoms with E-state index in [1.54, 1.807) is 17.1 Å². The van der Waals surface area contributed by atoms with Crippen LogP contribution in [0.4, 0.5) is 0 Å². The van der Waals surface area contributed by atoms with Crippen molar-refractivity contribution in [3.63, 3.8) is 0 Å². The molecule has 1 aromatic heterocycles. The van der Waals surface area contributed by atoms with E-state index in [0.29, 0.717) is 5.02 Å². The maximum absolute atomic E-state index is 12.0. The molecule has 2 aliphatic rings. The molecule has 0 bridgehead atoms. The first-order valence-corrected chi connectivity index (χ1v) is 7.62. The predicted octanol–water partition coefficient (Wildman–Crippen LogP) is 1.96. The largest absolute Gasteiger partial charge is 0.335 e. The fourth-order valence-electron chi connectivity index (χ4n) is 3.49. The molecule has 2 aromatic rings. The number of nitrogens with zero attached hydrogens (tertiary/aromatic N) is 5. The van der Waals surface area contributed by atoms with E-state index < -0.39 is 0 Å². The third-order valence-electron chi connectivity index (χ3n) is 4.45. The van der Waals surface area contributed by atoms with Gasteiger partial charge in [-0.25, -0.2) is 4.68 Å².